The lowest BCUT2D eigenvalue weighted by Gasteiger charge is -2.33. The number of likely N-dealkylation sites (tertiary alicyclic amines) is 2. The maximum atomic E-state index is 13.2. The van der Waals surface area contributed by atoms with Crippen LogP contribution in [0.5, 0.6) is 0 Å². The van der Waals surface area contributed by atoms with Crippen molar-refractivity contribution in [3.8, 4) is 0 Å². The summed E-state index contributed by atoms with van der Waals surface area (Å²) in [5.74, 6) is 1.30. The van der Waals surface area contributed by atoms with Crippen LogP contribution in [0.25, 0.3) is 0 Å². The lowest BCUT2D eigenvalue weighted by Crippen LogP contribution is -2.44. The van der Waals surface area contributed by atoms with E-state index >= 15 is 0 Å². The van der Waals surface area contributed by atoms with Crippen molar-refractivity contribution in [1.82, 2.24) is 19.9 Å². The van der Waals surface area contributed by atoms with Crippen LogP contribution in [0.3, 0.4) is 0 Å². The molecule has 160 valence electrons. The Bertz CT molecular complexity index is 911. The first-order valence-corrected chi connectivity index (χ1v) is 10.7. The van der Waals surface area contributed by atoms with E-state index in [-0.39, 0.29) is 29.5 Å². The SMILES string of the molecule is Cc1noc(C23CN(C(=O)Cc4ccc(F)cc4)CC2CN(C2CCOCC2)C3)n1. The minimum atomic E-state index is -0.321. The average Bonchev–Trinajstić information content (AvgIpc) is 3.43. The molecule has 2 aromatic rings. The van der Waals surface area contributed by atoms with E-state index in [2.05, 4.69) is 15.0 Å². The van der Waals surface area contributed by atoms with Crippen molar-refractivity contribution in [3.63, 3.8) is 0 Å². The van der Waals surface area contributed by atoms with Crippen LogP contribution in [0.1, 0.15) is 30.1 Å². The van der Waals surface area contributed by atoms with Crippen LogP contribution in [-0.4, -0.2) is 71.3 Å². The summed E-state index contributed by atoms with van der Waals surface area (Å²) < 4.78 is 24.4. The summed E-state index contributed by atoms with van der Waals surface area (Å²) in [6.07, 6.45) is 2.35. The lowest BCUT2D eigenvalue weighted by atomic mass is 9.81. The molecule has 1 aromatic carbocycles. The van der Waals surface area contributed by atoms with E-state index in [1.807, 2.05) is 11.8 Å². The first kappa shape index (κ1) is 19.6. The minimum absolute atomic E-state index is 0.0595. The van der Waals surface area contributed by atoms with Crippen molar-refractivity contribution in [2.24, 2.45) is 5.92 Å². The van der Waals surface area contributed by atoms with Gasteiger partial charge in [-0.3, -0.25) is 9.69 Å². The number of amides is 1. The number of hydrogen-bond donors (Lipinski definition) is 0. The maximum Gasteiger partial charge on any atom is 0.236 e. The second-order valence-electron chi connectivity index (χ2n) is 8.85. The molecular formula is C22H27FN4O3. The molecule has 5 rings (SSSR count). The van der Waals surface area contributed by atoms with Crippen LogP contribution in [0, 0.1) is 18.7 Å². The second-order valence-corrected chi connectivity index (χ2v) is 8.85. The van der Waals surface area contributed by atoms with Crippen LogP contribution < -0.4 is 0 Å². The van der Waals surface area contributed by atoms with Crippen molar-refractivity contribution in [2.75, 3.05) is 39.4 Å². The molecule has 3 fully saturated rings. The molecule has 0 radical (unpaired) electrons. The quantitative estimate of drug-likeness (QED) is 0.762. The minimum Gasteiger partial charge on any atom is -0.381 e. The van der Waals surface area contributed by atoms with E-state index in [0.29, 0.717) is 30.8 Å². The van der Waals surface area contributed by atoms with E-state index in [4.69, 9.17) is 9.26 Å². The molecule has 7 nitrogen and oxygen atoms in total. The Hall–Kier alpha value is -2.32. The molecule has 1 aromatic heterocycles. The molecule has 1 amide bonds. The number of aryl methyl sites for hydroxylation is 1. The van der Waals surface area contributed by atoms with Crippen LogP contribution >= 0.6 is 0 Å². The van der Waals surface area contributed by atoms with Crippen LogP contribution in [0.4, 0.5) is 4.39 Å². The Morgan fingerprint density at radius 2 is 1.97 bits per heavy atom. The Kier molecular flexibility index (Phi) is 5.06. The van der Waals surface area contributed by atoms with E-state index in [1.54, 1.807) is 12.1 Å². The molecule has 3 aliphatic heterocycles. The molecular weight excluding hydrogens is 387 g/mol. The monoisotopic (exact) mass is 414 g/mol. The lowest BCUT2D eigenvalue weighted by molar-refractivity contribution is -0.130. The molecule has 0 saturated carbocycles. The van der Waals surface area contributed by atoms with Gasteiger partial charge in [-0.15, -0.1) is 0 Å². The molecule has 4 heterocycles. The highest BCUT2D eigenvalue weighted by Gasteiger charge is 2.58. The maximum absolute atomic E-state index is 13.2. The van der Waals surface area contributed by atoms with Crippen LogP contribution in [-0.2, 0) is 21.4 Å². The molecule has 2 atom stereocenters. The topological polar surface area (TPSA) is 71.7 Å². The predicted molar refractivity (Wildman–Crippen MR) is 106 cm³/mol. The summed E-state index contributed by atoms with van der Waals surface area (Å²) in [6.45, 7) is 6.45. The first-order chi connectivity index (χ1) is 14.5. The summed E-state index contributed by atoms with van der Waals surface area (Å²) in [5, 5.41) is 4.04. The fourth-order valence-corrected chi connectivity index (χ4v) is 5.31. The molecule has 0 spiro atoms. The fourth-order valence-electron chi connectivity index (χ4n) is 5.31. The van der Waals surface area contributed by atoms with Gasteiger partial charge in [0.25, 0.3) is 0 Å². The van der Waals surface area contributed by atoms with Crippen molar-refractivity contribution in [3.05, 3.63) is 47.4 Å². The molecule has 3 saturated heterocycles. The largest absolute Gasteiger partial charge is 0.381 e. The number of benzene rings is 1. The van der Waals surface area contributed by atoms with Gasteiger partial charge in [-0.05, 0) is 37.5 Å². The number of carbonyl (C=O) groups is 1. The number of halogens is 1. The predicted octanol–water partition coefficient (Wildman–Crippen LogP) is 1.95. The zero-order valence-electron chi connectivity index (χ0n) is 17.2. The number of aromatic nitrogens is 2. The zero-order chi connectivity index (χ0) is 20.7. The molecule has 0 bridgehead atoms. The molecule has 3 aliphatic rings. The van der Waals surface area contributed by atoms with Gasteiger partial charge in [0.1, 0.15) is 5.82 Å². The average molecular weight is 414 g/mol. The number of ether oxygens (including phenoxy) is 1. The summed E-state index contributed by atoms with van der Waals surface area (Å²) in [6, 6.07) is 6.65. The molecule has 0 N–H and O–H groups in total. The Balaban J connectivity index is 1.35. The van der Waals surface area contributed by atoms with Gasteiger partial charge in [-0.1, -0.05) is 17.3 Å². The van der Waals surface area contributed by atoms with Crippen molar-refractivity contribution in [2.45, 2.75) is 37.6 Å². The molecule has 30 heavy (non-hydrogen) atoms. The second kappa shape index (κ2) is 7.74. The van der Waals surface area contributed by atoms with Crippen molar-refractivity contribution in [1.29, 1.82) is 0 Å². The summed E-state index contributed by atoms with van der Waals surface area (Å²) in [5.41, 5.74) is 0.503. The van der Waals surface area contributed by atoms with Gasteiger partial charge in [-0.2, -0.15) is 4.98 Å². The van der Waals surface area contributed by atoms with E-state index in [1.165, 1.54) is 12.1 Å². The summed E-state index contributed by atoms with van der Waals surface area (Å²) in [7, 11) is 0. The molecule has 8 heteroatoms. The van der Waals surface area contributed by atoms with Gasteiger partial charge in [0.2, 0.25) is 11.8 Å². The van der Waals surface area contributed by atoms with Gasteiger partial charge in [0, 0.05) is 51.4 Å². The van der Waals surface area contributed by atoms with Gasteiger partial charge >= 0.3 is 0 Å². The fraction of sp³-hybridized carbons (Fsp3) is 0.591. The molecule has 0 aliphatic carbocycles. The zero-order valence-corrected chi connectivity index (χ0v) is 17.2. The van der Waals surface area contributed by atoms with E-state index in [9.17, 15) is 9.18 Å². The number of carbonyl (C=O) groups excluding carboxylic acids is 1. The normalized spacial score (nSPS) is 27.5. The Morgan fingerprint density at radius 1 is 1.20 bits per heavy atom. The van der Waals surface area contributed by atoms with E-state index < -0.39 is 0 Å². The highest BCUT2D eigenvalue weighted by Crippen LogP contribution is 2.45. The number of nitrogens with zero attached hydrogens (tertiary/aromatic N) is 4. The Morgan fingerprint density at radius 3 is 2.67 bits per heavy atom. The first-order valence-electron chi connectivity index (χ1n) is 10.7. The highest BCUT2D eigenvalue weighted by atomic mass is 19.1. The number of fused-ring (bicyclic) bond motifs is 1. The van der Waals surface area contributed by atoms with Crippen molar-refractivity contribution < 1.29 is 18.4 Å². The van der Waals surface area contributed by atoms with Crippen LogP contribution in [0.15, 0.2) is 28.8 Å². The van der Waals surface area contributed by atoms with Gasteiger partial charge < -0.3 is 14.2 Å². The number of hydrogen-bond acceptors (Lipinski definition) is 6. The third-order valence-electron chi connectivity index (χ3n) is 6.92. The third kappa shape index (κ3) is 3.52. The standard InChI is InChI=1S/C22H27FN4O3/c1-15-24-21(30-25-15)22-13-26(19-6-8-29-9-7-19)11-17(22)12-27(14-22)20(28)10-16-2-4-18(23)5-3-16/h2-5,17,19H,6-14H2,1H3. The number of rotatable bonds is 4. The summed E-state index contributed by atoms with van der Waals surface area (Å²) in [4.78, 5) is 22.1. The smallest absolute Gasteiger partial charge is 0.236 e. The Labute approximate surface area is 175 Å². The summed E-state index contributed by atoms with van der Waals surface area (Å²) >= 11 is 0. The van der Waals surface area contributed by atoms with E-state index in [0.717, 1.165) is 44.7 Å². The van der Waals surface area contributed by atoms with Crippen LogP contribution in [0.2, 0.25) is 0 Å². The highest BCUT2D eigenvalue weighted by molar-refractivity contribution is 5.79. The van der Waals surface area contributed by atoms with Gasteiger partial charge in [0.15, 0.2) is 5.82 Å². The van der Waals surface area contributed by atoms with Gasteiger partial charge in [0.05, 0.1) is 11.8 Å². The van der Waals surface area contributed by atoms with Gasteiger partial charge in [-0.25, -0.2) is 4.39 Å². The van der Waals surface area contributed by atoms with Crippen molar-refractivity contribution >= 4 is 5.91 Å². The third-order valence-corrected chi connectivity index (χ3v) is 6.92. The molecule has 2 unspecified atom stereocenters.